The molecule has 4 aliphatic carbocycles. The van der Waals surface area contributed by atoms with Crippen LogP contribution in [0.15, 0.2) is 109 Å². The molecule has 0 nitrogen and oxygen atoms in total. The zero-order valence-corrected chi connectivity index (χ0v) is 40.6. The van der Waals surface area contributed by atoms with Crippen molar-refractivity contribution in [2.45, 2.75) is 81.1 Å². The number of hydrogen-bond donors (Lipinski definition) is 0. The van der Waals surface area contributed by atoms with Crippen LogP contribution in [0.2, 0.25) is 0 Å². The Hall–Kier alpha value is -1.67. The van der Waals surface area contributed by atoms with Crippen LogP contribution >= 0.6 is 54.5 Å². The molecule has 6 aromatic rings. The summed E-state index contributed by atoms with van der Waals surface area (Å²) in [6, 6.07) is 43.8. The molecule has 4 aliphatic rings. The van der Waals surface area contributed by atoms with Gasteiger partial charge in [0, 0.05) is 0 Å². The van der Waals surface area contributed by atoms with Gasteiger partial charge < -0.3 is 0 Å². The Kier molecular flexibility index (Phi) is 14.3. The van der Waals surface area contributed by atoms with Gasteiger partial charge in [0.05, 0.1) is 0 Å². The molecule has 53 heavy (non-hydrogen) atoms. The van der Waals surface area contributed by atoms with Crippen LogP contribution in [0.5, 0.6) is 0 Å². The Morgan fingerprint density at radius 1 is 0.358 bits per heavy atom. The third-order valence-corrected chi connectivity index (χ3v) is 14.9. The Bertz CT molecular complexity index is 1920. The standard InChI is InChI=1S/C48H50P2.2HI.Pt/c1-31-17-32(2)22-43(21-31)49(44-23-33(3)18-34(4)24-44)47-29-39-9-13-41(47)15-11-40-10-14-42(16-12-39)48(30-40)50(45-25-35(5)19-36(6)26-45)46-27-37(7)20-38(8)28-46;;;/h9-10,13-14,17-30H,11-12,15-16H2,1-8H3;2*1H;/q;;;+2/p-2. The number of rotatable bonds is 6. The maximum absolute atomic E-state index is 2.60. The van der Waals surface area contributed by atoms with E-state index in [0.29, 0.717) is 11.2 Å². The molecule has 4 bridgehead atoms. The van der Waals surface area contributed by atoms with Crippen LogP contribution in [0.25, 0.3) is 0 Å². The number of halogens is 2. The van der Waals surface area contributed by atoms with Crippen molar-refractivity contribution in [3.63, 3.8) is 0 Å². The van der Waals surface area contributed by atoms with E-state index in [-0.39, 0.29) is 0 Å². The minimum atomic E-state index is -0.707. The van der Waals surface area contributed by atoms with E-state index in [1.54, 1.807) is 0 Å². The van der Waals surface area contributed by atoms with Gasteiger partial charge in [0.2, 0.25) is 0 Å². The molecule has 0 spiro atoms. The summed E-state index contributed by atoms with van der Waals surface area (Å²) in [7, 11) is -1.41. The summed E-state index contributed by atoms with van der Waals surface area (Å²) >= 11 is 5.30. The third-order valence-electron chi connectivity index (χ3n) is 10.0. The molecule has 0 fully saturated rings. The Morgan fingerprint density at radius 2 is 0.604 bits per heavy atom. The first kappa shape index (κ1) is 41.0. The molecule has 5 heteroatoms. The number of hydrogen-bond acceptors (Lipinski definition) is 0. The fraction of sp³-hybridized carbons (Fsp3) is 0.250. The van der Waals surface area contributed by atoms with Gasteiger partial charge in [-0.1, -0.05) is 154 Å². The first-order chi connectivity index (χ1) is 25.4. The fourth-order valence-electron chi connectivity index (χ4n) is 8.10. The Balaban J connectivity index is 0.00000155. The van der Waals surface area contributed by atoms with E-state index in [1.807, 2.05) is 0 Å². The molecule has 0 N–H and O–H groups in total. The summed E-state index contributed by atoms with van der Waals surface area (Å²) < 4.78 is 0. The van der Waals surface area contributed by atoms with Gasteiger partial charge in [-0.25, -0.2) is 0 Å². The SMILES string of the molecule is Cc1cc(C)cc(P(c2cc(C)cc(C)c2)c2cc3ccc2CCc2ccc(c(P(c4cc(C)cc(C)c4)c4cc(C)cc(C)c4)c2)CC3)c1.[I][Pt][I]. The van der Waals surface area contributed by atoms with E-state index in [0.717, 1.165) is 25.7 Å². The maximum atomic E-state index is 2.60. The van der Waals surface area contributed by atoms with Crippen molar-refractivity contribution in [3.05, 3.63) is 176 Å². The molecular weight excluding hydrogens is 1090 g/mol. The first-order valence-electron chi connectivity index (χ1n) is 18.4. The predicted octanol–water partition coefficient (Wildman–Crippen LogP) is 11.3. The average molecular weight is 1140 g/mol. The van der Waals surface area contributed by atoms with Crippen molar-refractivity contribution < 1.29 is 11.2 Å². The van der Waals surface area contributed by atoms with E-state index in [2.05, 4.69) is 203 Å². The second-order valence-electron chi connectivity index (χ2n) is 15.0. The molecule has 0 heterocycles. The molecule has 0 amide bonds. The summed E-state index contributed by atoms with van der Waals surface area (Å²) in [5.74, 6) is 0. The van der Waals surface area contributed by atoms with E-state index in [4.69, 9.17) is 0 Å². The topological polar surface area (TPSA) is 0 Å². The van der Waals surface area contributed by atoms with Crippen molar-refractivity contribution in [3.8, 4) is 0 Å². The summed E-state index contributed by atoms with van der Waals surface area (Å²) in [6.07, 6.45) is 4.14. The quantitative estimate of drug-likeness (QED) is 0.115. The molecule has 0 saturated carbocycles. The van der Waals surface area contributed by atoms with Gasteiger partial charge in [-0.3, -0.25) is 0 Å². The van der Waals surface area contributed by atoms with Gasteiger partial charge in [-0.05, 0) is 151 Å². The molecule has 6 aromatic carbocycles. The number of aryl methyl sites for hydroxylation is 12. The third kappa shape index (κ3) is 10.4. The average Bonchev–Trinajstić information content (AvgIpc) is 3.05. The van der Waals surface area contributed by atoms with Crippen molar-refractivity contribution in [2.75, 3.05) is 0 Å². The molecule has 276 valence electrons. The molecule has 0 saturated heterocycles. The van der Waals surface area contributed by atoms with Crippen molar-refractivity contribution >= 4 is 86.4 Å². The molecular formula is C48H50I2P2Pt. The molecule has 0 aliphatic heterocycles. The second-order valence-corrected chi connectivity index (χ2v) is 36.0. The van der Waals surface area contributed by atoms with Crippen LogP contribution in [-0.2, 0) is 36.9 Å². The van der Waals surface area contributed by atoms with Gasteiger partial charge in [0.15, 0.2) is 0 Å². The van der Waals surface area contributed by atoms with Crippen LogP contribution in [0.1, 0.15) is 66.8 Å². The van der Waals surface area contributed by atoms with Crippen molar-refractivity contribution in [2.24, 2.45) is 0 Å². The Labute approximate surface area is 351 Å². The summed E-state index contributed by atoms with van der Waals surface area (Å²) in [6.45, 7) is 18.0. The second kappa shape index (κ2) is 18.5. The molecule has 10 rings (SSSR count). The minimum absolute atomic E-state index is 0.523. The summed E-state index contributed by atoms with van der Waals surface area (Å²) in [4.78, 5) is 0. The van der Waals surface area contributed by atoms with E-state index < -0.39 is 15.8 Å². The zero-order valence-electron chi connectivity index (χ0n) is 32.2. The van der Waals surface area contributed by atoms with Crippen LogP contribution in [0.4, 0.5) is 0 Å². The van der Waals surface area contributed by atoms with E-state index >= 15 is 0 Å². The van der Waals surface area contributed by atoms with Crippen molar-refractivity contribution in [1.29, 1.82) is 0 Å². The van der Waals surface area contributed by atoms with Gasteiger partial charge in [-0.15, -0.1) is 0 Å². The fourth-order valence-corrected chi connectivity index (χ4v) is 14.0. The summed E-state index contributed by atoms with van der Waals surface area (Å²) in [5, 5.41) is 8.93. The monoisotopic (exact) mass is 1140 g/mol. The van der Waals surface area contributed by atoms with Crippen LogP contribution in [0, 0.1) is 55.4 Å². The van der Waals surface area contributed by atoms with Crippen LogP contribution < -0.4 is 31.8 Å². The normalized spacial score (nSPS) is 12.5. The molecule has 0 unspecified atom stereocenters. The molecule has 0 atom stereocenters. The van der Waals surface area contributed by atoms with Crippen molar-refractivity contribution in [1.82, 2.24) is 0 Å². The van der Waals surface area contributed by atoms with Gasteiger partial charge in [0.1, 0.15) is 0 Å². The van der Waals surface area contributed by atoms with Gasteiger partial charge >= 0.3 is 49.9 Å². The van der Waals surface area contributed by atoms with E-state index in [9.17, 15) is 0 Å². The van der Waals surface area contributed by atoms with Gasteiger partial charge in [-0.2, -0.15) is 0 Å². The number of benzene rings is 6. The predicted molar refractivity (Wildman–Crippen MR) is 251 cm³/mol. The molecule has 0 aromatic heterocycles. The van der Waals surface area contributed by atoms with Crippen LogP contribution in [-0.4, -0.2) is 0 Å². The zero-order chi connectivity index (χ0) is 37.8. The Morgan fingerprint density at radius 3 is 0.849 bits per heavy atom. The molecule has 0 radical (unpaired) electrons. The summed E-state index contributed by atoms with van der Waals surface area (Å²) in [5.41, 5.74) is 16.7. The van der Waals surface area contributed by atoms with Gasteiger partial charge in [0.25, 0.3) is 0 Å². The van der Waals surface area contributed by atoms with E-state index in [1.165, 1.54) is 98.6 Å². The first-order valence-corrected chi connectivity index (χ1v) is 34.0. The van der Waals surface area contributed by atoms with Crippen LogP contribution in [0.3, 0.4) is 0 Å².